The number of hydrogen-bond acceptors (Lipinski definition) is 3. The molecule has 118 valence electrons. The Balaban J connectivity index is 2.06. The zero-order valence-electron chi connectivity index (χ0n) is 12.8. The zero-order chi connectivity index (χ0) is 15.9. The number of rotatable bonds is 3. The van der Waals surface area contributed by atoms with E-state index in [0.717, 1.165) is 12.8 Å². The minimum atomic E-state index is -1.11. The predicted octanol–water partition coefficient (Wildman–Crippen LogP) is 4.03. The number of benzene rings is 1. The molecule has 1 aromatic carbocycles. The first kappa shape index (κ1) is 15.0. The van der Waals surface area contributed by atoms with Crippen LogP contribution in [0.3, 0.4) is 0 Å². The van der Waals surface area contributed by atoms with Crippen LogP contribution in [0, 0.1) is 5.82 Å². The van der Waals surface area contributed by atoms with Gasteiger partial charge in [0.2, 0.25) is 5.76 Å². The third-order valence-corrected chi connectivity index (χ3v) is 4.66. The average molecular weight is 305 g/mol. The van der Waals surface area contributed by atoms with E-state index in [1.807, 2.05) is 0 Å². The van der Waals surface area contributed by atoms with Gasteiger partial charge in [0.15, 0.2) is 0 Å². The first-order chi connectivity index (χ1) is 10.5. The van der Waals surface area contributed by atoms with Gasteiger partial charge in [0.25, 0.3) is 0 Å². The van der Waals surface area contributed by atoms with Gasteiger partial charge in [0.05, 0.1) is 0 Å². The molecule has 4 nitrogen and oxygen atoms in total. The van der Waals surface area contributed by atoms with Gasteiger partial charge >= 0.3 is 5.97 Å². The van der Waals surface area contributed by atoms with Gasteiger partial charge in [0.1, 0.15) is 11.4 Å². The lowest BCUT2D eigenvalue weighted by atomic mass is 9.96. The van der Waals surface area contributed by atoms with Crippen LogP contribution in [0.1, 0.15) is 49.2 Å². The second-order valence-electron chi connectivity index (χ2n) is 6.16. The lowest BCUT2D eigenvalue weighted by Gasteiger charge is -2.38. The van der Waals surface area contributed by atoms with E-state index in [9.17, 15) is 14.3 Å². The van der Waals surface area contributed by atoms with E-state index in [2.05, 4.69) is 18.7 Å². The Morgan fingerprint density at radius 1 is 1.36 bits per heavy atom. The number of carboxylic acid groups (broad SMARTS) is 1. The molecule has 0 spiro atoms. The van der Waals surface area contributed by atoms with Crippen molar-refractivity contribution in [2.24, 2.45) is 0 Å². The quantitative estimate of drug-likeness (QED) is 0.930. The molecular weight excluding hydrogens is 285 g/mol. The third-order valence-electron chi connectivity index (χ3n) is 4.66. The number of halogens is 1. The molecule has 1 saturated heterocycles. The summed E-state index contributed by atoms with van der Waals surface area (Å²) in [5.74, 6) is -1.57. The second-order valence-corrected chi connectivity index (χ2v) is 6.16. The Morgan fingerprint density at radius 2 is 2.05 bits per heavy atom. The maximum Gasteiger partial charge on any atom is 0.372 e. The van der Waals surface area contributed by atoms with Crippen molar-refractivity contribution in [1.29, 1.82) is 0 Å². The van der Waals surface area contributed by atoms with Crippen LogP contribution in [0.4, 0.5) is 4.39 Å². The van der Waals surface area contributed by atoms with Crippen LogP contribution < -0.4 is 0 Å². The Labute approximate surface area is 128 Å². The van der Waals surface area contributed by atoms with E-state index >= 15 is 0 Å². The number of carbonyl (C=O) groups is 1. The summed E-state index contributed by atoms with van der Waals surface area (Å²) in [7, 11) is 0. The molecule has 0 bridgehead atoms. The lowest BCUT2D eigenvalue weighted by Crippen LogP contribution is -2.43. The molecule has 2 aromatic rings. The van der Waals surface area contributed by atoms with Gasteiger partial charge in [-0.1, -0.05) is 6.42 Å². The van der Waals surface area contributed by atoms with E-state index < -0.39 is 5.97 Å². The van der Waals surface area contributed by atoms with Crippen LogP contribution in [-0.2, 0) is 6.54 Å². The van der Waals surface area contributed by atoms with E-state index in [0.29, 0.717) is 35.2 Å². The molecule has 1 aromatic heterocycles. The monoisotopic (exact) mass is 305 g/mol. The van der Waals surface area contributed by atoms with Crippen LogP contribution in [0.2, 0.25) is 0 Å². The molecule has 2 unspecified atom stereocenters. The van der Waals surface area contributed by atoms with Crippen molar-refractivity contribution < 1.29 is 18.7 Å². The topological polar surface area (TPSA) is 53.7 Å². The molecule has 5 heteroatoms. The number of furan rings is 1. The van der Waals surface area contributed by atoms with Crippen molar-refractivity contribution in [3.8, 4) is 0 Å². The fourth-order valence-electron chi connectivity index (χ4n) is 3.42. The largest absolute Gasteiger partial charge is 0.475 e. The van der Waals surface area contributed by atoms with Crippen LogP contribution in [0.5, 0.6) is 0 Å². The summed E-state index contributed by atoms with van der Waals surface area (Å²) in [5, 5.41) is 9.95. The van der Waals surface area contributed by atoms with Crippen molar-refractivity contribution in [2.75, 3.05) is 0 Å². The molecule has 2 atom stereocenters. The molecule has 1 N–H and O–H groups in total. The fourth-order valence-corrected chi connectivity index (χ4v) is 3.42. The van der Waals surface area contributed by atoms with Crippen LogP contribution in [-0.4, -0.2) is 28.1 Å². The predicted molar refractivity (Wildman–Crippen MR) is 81.4 cm³/mol. The zero-order valence-corrected chi connectivity index (χ0v) is 12.8. The molecule has 1 aliphatic heterocycles. The minimum Gasteiger partial charge on any atom is -0.475 e. The summed E-state index contributed by atoms with van der Waals surface area (Å²) in [5.41, 5.74) is 0.994. The normalized spacial score (nSPS) is 23.0. The Kier molecular flexibility index (Phi) is 3.91. The fraction of sp³-hybridized carbons (Fsp3) is 0.471. The van der Waals surface area contributed by atoms with E-state index in [1.54, 1.807) is 0 Å². The van der Waals surface area contributed by atoms with Gasteiger partial charge in [-0.2, -0.15) is 0 Å². The molecule has 3 rings (SSSR count). The maximum absolute atomic E-state index is 13.6. The SMILES string of the molecule is CC1CCCC(C)N1Cc1c(C(=O)O)oc2ccc(F)cc12. The minimum absolute atomic E-state index is 0.0782. The molecule has 22 heavy (non-hydrogen) atoms. The smallest absolute Gasteiger partial charge is 0.372 e. The molecule has 0 saturated carbocycles. The summed E-state index contributed by atoms with van der Waals surface area (Å²) in [4.78, 5) is 13.8. The second kappa shape index (κ2) is 5.72. The highest BCUT2D eigenvalue weighted by atomic mass is 19.1. The van der Waals surface area contributed by atoms with E-state index in [1.165, 1.54) is 24.6 Å². The molecule has 0 amide bonds. The van der Waals surface area contributed by atoms with Gasteiger partial charge in [-0.05, 0) is 44.9 Å². The first-order valence-electron chi connectivity index (χ1n) is 7.67. The number of aromatic carboxylic acids is 1. The molecule has 0 radical (unpaired) electrons. The summed E-state index contributed by atoms with van der Waals surface area (Å²) in [6.45, 7) is 4.78. The van der Waals surface area contributed by atoms with Crippen molar-refractivity contribution in [3.63, 3.8) is 0 Å². The van der Waals surface area contributed by atoms with Crippen molar-refractivity contribution in [3.05, 3.63) is 35.3 Å². The molecular formula is C17H20FNO3. The van der Waals surface area contributed by atoms with Crippen LogP contribution in [0.25, 0.3) is 11.0 Å². The highest BCUT2D eigenvalue weighted by Crippen LogP contribution is 2.31. The number of piperidine rings is 1. The van der Waals surface area contributed by atoms with Gasteiger partial charge in [-0.3, -0.25) is 4.90 Å². The van der Waals surface area contributed by atoms with Crippen LogP contribution in [0.15, 0.2) is 22.6 Å². The van der Waals surface area contributed by atoms with E-state index in [-0.39, 0.29) is 11.6 Å². The first-order valence-corrected chi connectivity index (χ1v) is 7.67. The summed E-state index contributed by atoms with van der Waals surface area (Å²) >= 11 is 0. The molecule has 1 fully saturated rings. The average Bonchev–Trinajstić information content (AvgIpc) is 2.81. The standard InChI is InChI=1S/C17H20FNO3/c1-10-4-3-5-11(2)19(10)9-14-13-8-12(18)6-7-15(13)22-16(14)17(20)21/h6-8,10-11H,3-5,9H2,1-2H3,(H,20,21). The Morgan fingerprint density at radius 3 is 2.68 bits per heavy atom. The van der Waals surface area contributed by atoms with Gasteiger partial charge < -0.3 is 9.52 Å². The molecule has 2 heterocycles. The van der Waals surface area contributed by atoms with Crippen molar-refractivity contribution in [1.82, 2.24) is 4.90 Å². The number of nitrogens with zero attached hydrogens (tertiary/aromatic N) is 1. The third kappa shape index (κ3) is 2.61. The number of carboxylic acids is 1. The summed E-state index contributed by atoms with van der Waals surface area (Å²) in [6, 6.07) is 4.89. The summed E-state index contributed by atoms with van der Waals surface area (Å²) < 4.78 is 19.0. The number of hydrogen-bond donors (Lipinski definition) is 1. The van der Waals surface area contributed by atoms with Crippen molar-refractivity contribution >= 4 is 16.9 Å². The Bertz CT molecular complexity index is 699. The van der Waals surface area contributed by atoms with E-state index in [4.69, 9.17) is 4.42 Å². The Hall–Kier alpha value is -1.88. The van der Waals surface area contributed by atoms with Gasteiger partial charge in [-0.25, -0.2) is 9.18 Å². The lowest BCUT2D eigenvalue weighted by molar-refractivity contribution is 0.0651. The highest BCUT2D eigenvalue weighted by molar-refractivity contribution is 5.95. The number of fused-ring (bicyclic) bond motifs is 1. The van der Waals surface area contributed by atoms with Crippen molar-refractivity contribution in [2.45, 2.75) is 51.7 Å². The van der Waals surface area contributed by atoms with Gasteiger partial charge in [0, 0.05) is 29.6 Å². The molecule has 0 aliphatic carbocycles. The maximum atomic E-state index is 13.6. The number of likely N-dealkylation sites (tertiary alicyclic amines) is 1. The van der Waals surface area contributed by atoms with Crippen LogP contribution >= 0.6 is 0 Å². The summed E-state index contributed by atoms with van der Waals surface area (Å²) in [6.07, 6.45) is 3.37. The highest BCUT2D eigenvalue weighted by Gasteiger charge is 2.29. The molecule has 1 aliphatic rings. The van der Waals surface area contributed by atoms with Gasteiger partial charge in [-0.15, -0.1) is 0 Å².